The summed E-state index contributed by atoms with van der Waals surface area (Å²) in [6.07, 6.45) is -13.7. The lowest BCUT2D eigenvalue weighted by Gasteiger charge is -2.44. The molecule has 230 valence electrons. The summed E-state index contributed by atoms with van der Waals surface area (Å²) in [7, 11) is 1.36. The normalized spacial score (nSPS) is 34.6. The van der Waals surface area contributed by atoms with Gasteiger partial charge in [0.05, 0.1) is 32.0 Å². The van der Waals surface area contributed by atoms with Gasteiger partial charge in [0.25, 0.3) is 11.9 Å². The quantitative estimate of drug-likeness (QED) is 0.164. The minimum absolute atomic E-state index is 0.0201. The molecule has 5 rings (SSSR count). The molecule has 10 atom stereocenters. The van der Waals surface area contributed by atoms with Gasteiger partial charge in [-0.25, -0.2) is 0 Å². The third-order valence-electron chi connectivity index (χ3n) is 7.28. The van der Waals surface area contributed by atoms with Crippen LogP contribution in [-0.2, 0) is 18.9 Å². The molecule has 2 aromatic rings. The van der Waals surface area contributed by atoms with Crippen LogP contribution in [0.15, 0.2) is 36.1 Å². The maximum absolute atomic E-state index is 11.0. The minimum Gasteiger partial charge on any atom is -0.571 e. The molecule has 0 aliphatic carbocycles. The zero-order valence-corrected chi connectivity index (χ0v) is 22.2. The summed E-state index contributed by atoms with van der Waals surface area (Å²) < 4.78 is 32.3. The summed E-state index contributed by atoms with van der Waals surface area (Å²) in [5.74, 6) is -0.342. The van der Waals surface area contributed by atoms with Crippen molar-refractivity contribution in [1.29, 1.82) is 0 Å². The van der Waals surface area contributed by atoms with Crippen molar-refractivity contribution in [2.45, 2.75) is 61.4 Å². The molecule has 0 aromatic heterocycles. The van der Waals surface area contributed by atoms with Crippen molar-refractivity contribution in [2.24, 2.45) is 0 Å². The van der Waals surface area contributed by atoms with Gasteiger partial charge in [-0.1, -0.05) is 0 Å². The van der Waals surface area contributed by atoms with Crippen LogP contribution >= 0.6 is 0 Å². The van der Waals surface area contributed by atoms with Gasteiger partial charge in [-0.05, 0) is 18.2 Å². The Morgan fingerprint density at radius 2 is 1.64 bits per heavy atom. The van der Waals surface area contributed by atoms with E-state index in [0.717, 1.165) is 6.07 Å². The van der Waals surface area contributed by atoms with Crippen LogP contribution in [-0.4, -0.2) is 126 Å². The van der Waals surface area contributed by atoms with Gasteiger partial charge in [0, 0.05) is 12.1 Å². The number of aromatic hydroxyl groups is 4. The Balaban J connectivity index is 1.42. The zero-order chi connectivity index (χ0) is 30.3. The average Bonchev–Trinajstić information content (AvgIpc) is 2.97. The molecule has 0 radical (unpaired) electrons. The molecular formula is C27H33O15+. The van der Waals surface area contributed by atoms with Crippen LogP contribution in [0.1, 0.15) is 17.2 Å². The van der Waals surface area contributed by atoms with Gasteiger partial charge in [-0.2, -0.15) is 0 Å². The number of hydrogen-bond donors (Lipinski definition) is 9. The van der Waals surface area contributed by atoms with E-state index in [0.29, 0.717) is 5.56 Å². The summed E-state index contributed by atoms with van der Waals surface area (Å²) in [5, 5.41) is 92.2. The Morgan fingerprint density at radius 3 is 2.36 bits per heavy atom. The molecule has 0 saturated carbocycles. The molecule has 2 fully saturated rings. The number of rotatable bonds is 7. The van der Waals surface area contributed by atoms with Crippen LogP contribution < -0.4 is 4.74 Å². The van der Waals surface area contributed by atoms with E-state index < -0.39 is 68.0 Å². The molecule has 0 spiro atoms. The van der Waals surface area contributed by atoms with Gasteiger partial charge in [-0.3, -0.25) is 0 Å². The lowest BCUT2D eigenvalue weighted by Crippen LogP contribution is -2.63. The first-order valence-corrected chi connectivity index (χ1v) is 13.0. The summed E-state index contributed by atoms with van der Waals surface area (Å²) in [5.41, 5.74) is 0.624. The lowest BCUT2D eigenvalue weighted by atomic mass is 9.97. The minimum atomic E-state index is -1.79. The van der Waals surface area contributed by atoms with Crippen molar-refractivity contribution in [3.05, 3.63) is 47.2 Å². The highest BCUT2D eigenvalue weighted by Gasteiger charge is 2.50. The van der Waals surface area contributed by atoms with Gasteiger partial charge in [-0.15, -0.1) is 0 Å². The van der Waals surface area contributed by atoms with Crippen molar-refractivity contribution in [3.63, 3.8) is 0 Å². The van der Waals surface area contributed by atoms with Crippen LogP contribution in [0.3, 0.4) is 0 Å². The SMILES string of the molecule is COc1cc(C2[OH+]c3cc(O)cc(O)c3C=C2OC2OC(CO)C(OC3OCC(O)C(O)C3O)C(O)C2O)ccc1O. The molecule has 3 heterocycles. The summed E-state index contributed by atoms with van der Waals surface area (Å²) in [6, 6.07) is 6.81. The molecule has 10 N–H and O–H groups in total. The highest BCUT2D eigenvalue weighted by atomic mass is 16.7. The molecule has 42 heavy (non-hydrogen) atoms. The van der Waals surface area contributed by atoms with E-state index in [1.807, 2.05) is 0 Å². The maximum Gasteiger partial charge on any atom is 0.270 e. The molecule has 2 saturated heterocycles. The molecule has 15 nitrogen and oxygen atoms in total. The fourth-order valence-corrected chi connectivity index (χ4v) is 4.99. The van der Waals surface area contributed by atoms with Gasteiger partial charge in [0.1, 0.15) is 59.8 Å². The number of methoxy groups -OCH3 is 1. The van der Waals surface area contributed by atoms with E-state index in [2.05, 4.69) is 4.74 Å². The fourth-order valence-electron chi connectivity index (χ4n) is 4.99. The highest BCUT2D eigenvalue weighted by molar-refractivity contribution is 5.69. The largest absolute Gasteiger partial charge is 0.571 e. The number of phenols is 3. The van der Waals surface area contributed by atoms with Gasteiger partial charge < -0.3 is 74.4 Å². The summed E-state index contributed by atoms with van der Waals surface area (Å²) in [4.78, 5) is 0. The third-order valence-corrected chi connectivity index (χ3v) is 7.28. The average molecular weight is 598 g/mol. The van der Waals surface area contributed by atoms with E-state index in [4.69, 9.17) is 23.7 Å². The van der Waals surface area contributed by atoms with Crippen molar-refractivity contribution >= 4 is 6.08 Å². The van der Waals surface area contributed by atoms with Crippen molar-refractivity contribution in [2.75, 3.05) is 20.3 Å². The number of aliphatic hydroxyl groups is 7. The molecule has 0 bridgehead atoms. The molecule has 10 unspecified atom stereocenters. The number of ether oxygens (including phenoxy) is 6. The zero-order valence-electron chi connectivity index (χ0n) is 22.2. The van der Waals surface area contributed by atoms with Crippen LogP contribution in [0.5, 0.6) is 28.7 Å². The molecule has 15 heteroatoms. The Bertz CT molecular complexity index is 1300. The predicted octanol–water partition coefficient (Wildman–Crippen LogP) is -1.57. The van der Waals surface area contributed by atoms with Crippen LogP contribution in [0.4, 0.5) is 0 Å². The molecule has 0 amide bonds. The van der Waals surface area contributed by atoms with Crippen LogP contribution in [0.25, 0.3) is 6.08 Å². The lowest BCUT2D eigenvalue weighted by molar-refractivity contribution is -0.345. The highest BCUT2D eigenvalue weighted by Crippen LogP contribution is 2.46. The number of hydrogen-bond acceptors (Lipinski definition) is 14. The summed E-state index contributed by atoms with van der Waals surface area (Å²) >= 11 is 0. The monoisotopic (exact) mass is 597 g/mol. The van der Waals surface area contributed by atoms with E-state index in [9.17, 15) is 46.0 Å². The van der Waals surface area contributed by atoms with E-state index in [1.165, 1.54) is 37.5 Å². The first-order valence-electron chi connectivity index (χ1n) is 13.0. The van der Waals surface area contributed by atoms with E-state index >= 15 is 0 Å². The number of fused-ring (bicyclic) bond motifs is 1. The Hall–Kier alpha value is -3.38. The molecular weight excluding hydrogens is 564 g/mol. The first kappa shape index (κ1) is 30.1. The van der Waals surface area contributed by atoms with E-state index in [-0.39, 0.29) is 46.7 Å². The maximum atomic E-state index is 11.0. The molecule has 2 aromatic carbocycles. The van der Waals surface area contributed by atoms with Gasteiger partial charge in [0.2, 0.25) is 6.29 Å². The number of aliphatic hydroxyl groups excluding tert-OH is 6. The summed E-state index contributed by atoms with van der Waals surface area (Å²) in [6.45, 7) is -1.11. The standard InChI is InChI=1S/C27H32O15/c1-37-17-4-10(2-3-13(17)30)24-18(7-12-14(31)5-11(29)6-16(12)39-24)40-27-23(36)21(34)25(19(8-28)41-27)42-26-22(35)20(33)15(32)9-38-26/h2-7,15,19-36H,8-9H2,1H3/p+1. The Morgan fingerprint density at radius 1 is 0.905 bits per heavy atom. The van der Waals surface area contributed by atoms with Crippen molar-refractivity contribution < 1.29 is 74.4 Å². The van der Waals surface area contributed by atoms with Crippen LogP contribution in [0.2, 0.25) is 0 Å². The predicted molar refractivity (Wildman–Crippen MR) is 138 cm³/mol. The first-order chi connectivity index (χ1) is 20.0. The Labute approximate surface area is 238 Å². The van der Waals surface area contributed by atoms with E-state index in [1.54, 1.807) is 0 Å². The van der Waals surface area contributed by atoms with Gasteiger partial charge in [0.15, 0.2) is 23.5 Å². The number of benzene rings is 2. The smallest absolute Gasteiger partial charge is 0.270 e. The van der Waals surface area contributed by atoms with Crippen LogP contribution in [0, 0.1) is 0 Å². The second-order valence-electron chi connectivity index (χ2n) is 10.1. The Kier molecular flexibility index (Phi) is 8.66. The number of phenolic OH excluding ortho intramolecular Hbond substituents is 3. The topological polar surface area (TPSA) is 241 Å². The molecule has 3 aliphatic rings. The fraction of sp³-hybridized carbons (Fsp3) is 0.481. The van der Waals surface area contributed by atoms with Crippen molar-refractivity contribution in [1.82, 2.24) is 0 Å². The molecule has 3 aliphatic heterocycles. The second kappa shape index (κ2) is 12.1. The van der Waals surface area contributed by atoms with Crippen molar-refractivity contribution in [3.8, 4) is 28.7 Å². The second-order valence-corrected chi connectivity index (χ2v) is 10.1. The van der Waals surface area contributed by atoms with Gasteiger partial charge >= 0.3 is 0 Å². The third kappa shape index (κ3) is 5.66.